The highest BCUT2D eigenvalue weighted by atomic mass is 16.5. The number of amides is 2. The second kappa shape index (κ2) is 9.55. The minimum Gasteiger partial charge on any atom is -0.489 e. The zero-order chi connectivity index (χ0) is 20.6. The second-order valence-electron chi connectivity index (χ2n) is 6.74. The van der Waals surface area contributed by atoms with Crippen molar-refractivity contribution in [3.05, 3.63) is 95.1 Å². The van der Waals surface area contributed by atoms with Crippen molar-refractivity contribution < 1.29 is 14.3 Å². The van der Waals surface area contributed by atoms with E-state index in [0.717, 1.165) is 28.1 Å². The van der Waals surface area contributed by atoms with Crippen molar-refractivity contribution in [2.75, 3.05) is 11.9 Å². The number of anilines is 1. The quantitative estimate of drug-likeness (QED) is 0.636. The van der Waals surface area contributed by atoms with Gasteiger partial charge in [0.1, 0.15) is 12.4 Å². The number of nitrogens with one attached hydrogen (secondary N) is 2. The molecule has 0 saturated heterocycles. The Kier molecular flexibility index (Phi) is 6.63. The van der Waals surface area contributed by atoms with Gasteiger partial charge in [-0.25, -0.2) is 0 Å². The van der Waals surface area contributed by atoms with E-state index in [4.69, 9.17) is 4.74 Å². The van der Waals surface area contributed by atoms with Crippen LogP contribution in [0.2, 0.25) is 0 Å². The van der Waals surface area contributed by atoms with Gasteiger partial charge >= 0.3 is 0 Å². The van der Waals surface area contributed by atoms with Gasteiger partial charge in [0.25, 0.3) is 5.91 Å². The van der Waals surface area contributed by atoms with E-state index in [9.17, 15) is 9.59 Å². The minimum atomic E-state index is -0.312. The van der Waals surface area contributed by atoms with Crippen LogP contribution in [-0.4, -0.2) is 18.4 Å². The van der Waals surface area contributed by atoms with Crippen LogP contribution in [0.4, 0.5) is 5.69 Å². The second-order valence-corrected chi connectivity index (χ2v) is 6.74. The lowest BCUT2D eigenvalue weighted by molar-refractivity contribution is -0.115. The summed E-state index contributed by atoms with van der Waals surface area (Å²) in [5, 5.41) is 5.53. The summed E-state index contributed by atoms with van der Waals surface area (Å²) in [5.41, 5.74) is 4.10. The largest absolute Gasteiger partial charge is 0.489 e. The molecule has 3 aromatic rings. The molecule has 3 aromatic carbocycles. The van der Waals surface area contributed by atoms with Crippen LogP contribution in [0.3, 0.4) is 0 Å². The number of hydrogen-bond donors (Lipinski definition) is 2. The van der Waals surface area contributed by atoms with E-state index in [1.165, 1.54) is 0 Å². The van der Waals surface area contributed by atoms with Gasteiger partial charge in [0, 0.05) is 16.8 Å². The van der Waals surface area contributed by atoms with E-state index in [1.54, 1.807) is 12.1 Å². The van der Waals surface area contributed by atoms with Gasteiger partial charge in [-0.05, 0) is 49.2 Å². The highest BCUT2D eigenvalue weighted by Crippen LogP contribution is 2.18. The molecular formula is C24H24N2O3. The van der Waals surface area contributed by atoms with E-state index in [1.807, 2.05) is 74.5 Å². The summed E-state index contributed by atoms with van der Waals surface area (Å²) in [7, 11) is 0. The first-order chi connectivity index (χ1) is 14.0. The predicted octanol–water partition coefficient (Wildman–Crippen LogP) is 4.25. The molecule has 0 saturated carbocycles. The zero-order valence-electron chi connectivity index (χ0n) is 16.6. The minimum absolute atomic E-state index is 0.111. The average Bonchev–Trinajstić information content (AvgIpc) is 2.75. The SMILES string of the molecule is Cc1cccc(NC(=O)CNC(=O)c2ccccc2COc2ccccc2)c1C. The highest BCUT2D eigenvalue weighted by Gasteiger charge is 2.13. The topological polar surface area (TPSA) is 67.4 Å². The first-order valence-electron chi connectivity index (χ1n) is 9.44. The van der Waals surface area contributed by atoms with Crippen LogP contribution in [0, 0.1) is 13.8 Å². The smallest absolute Gasteiger partial charge is 0.252 e. The van der Waals surface area contributed by atoms with E-state index < -0.39 is 0 Å². The van der Waals surface area contributed by atoms with Crippen LogP contribution in [0.1, 0.15) is 27.0 Å². The maximum absolute atomic E-state index is 12.6. The zero-order valence-corrected chi connectivity index (χ0v) is 16.6. The Labute approximate surface area is 170 Å². The van der Waals surface area contributed by atoms with Crippen LogP contribution >= 0.6 is 0 Å². The molecule has 0 aliphatic rings. The van der Waals surface area contributed by atoms with Crippen molar-refractivity contribution in [1.29, 1.82) is 0 Å². The lowest BCUT2D eigenvalue weighted by Crippen LogP contribution is -2.33. The lowest BCUT2D eigenvalue weighted by atomic mass is 10.1. The van der Waals surface area contributed by atoms with Crippen molar-refractivity contribution in [2.24, 2.45) is 0 Å². The Morgan fingerprint density at radius 1 is 0.862 bits per heavy atom. The molecule has 0 aliphatic carbocycles. The van der Waals surface area contributed by atoms with Crippen molar-refractivity contribution in [3.63, 3.8) is 0 Å². The van der Waals surface area contributed by atoms with Crippen LogP contribution in [0.5, 0.6) is 5.75 Å². The molecular weight excluding hydrogens is 364 g/mol. The van der Waals surface area contributed by atoms with E-state index in [2.05, 4.69) is 10.6 Å². The fraction of sp³-hybridized carbons (Fsp3) is 0.167. The molecule has 0 unspecified atom stereocenters. The van der Waals surface area contributed by atoms with Gasteiger partial charge in [0.15, 0.2) is 0 Å². The van der Waals surface area contributed by atoms with Gasteiger partial charge in [-0.15, -0.1) is 0 Å². The molecule has 148 valence electrons. The Bertz CT molecular complexity index is 1000. The molecule has 29 heavy (non-hydrogen) atoms. The van der Waals surface area contributed by atoms with Crippen LogP contribution in [-0.2, 0) is 11.4 Å². The molecule has 0 aliphatic heterocycles. The monoisotopic (exact) mass is 388 g/mol. The lowest BCUT2D eigenvalue weighted by Gasteiger charge is -2.13. The van der Waals surface area contributed by atoms with Gasteiger partial charge in [-0.2, -0.15) is 0 Å². The van der Waals surface area contributed by atoms with Gasteiger partial charge in [0.05, 0.1) is 6.54 Å². The number of ether oxygens (including phenoxy) is 1. The number of para-hydroxylation sites is 1. The maximum atomic E-state index is 12.6. The van der Waals surface area contributed by atoms with Crippen molar-refractivity contribution in [1.82, 2.24) is 5.32 Å². The molecule has 5 heteroatoms. The van der Waals surface area contributed by atoms with Gasteiger partial charge < -0.3 is 15.4 Å². The summed E-state index contributed by atoms with van der Waals surface area (Å²) in [6.07, 6.45) is 0. The molecule has 0 radical (unpaired) electrons. The summed E-state index contributed by atoms with van der Waals surface area (Å²) >= 11 is 0. The fourth-order valence-corrected chi connectivity index (χ4v) is 2.88. The highest BCUT2D eigenvalue weighted by molar-refractivity contribution is 6.00. The van der Waals surface area contributed by atoms with E-state index in [0.29, 0.717) is 5.56 Å². The Morgan fingerprint density at radius 3 is 2.38 bits per heavy atom. The Balaban J connectivity index is 1.59. The molecule has 0 fully saturated rings. The molecule has 5 nitrogen and oxygen atoms in total. The summed E-state index contributed by atoms with van der Waals surface area (Å²) in [6.45, 7) is 4.09. The van der Waals surface area contributed by atoms with Crippen molar-refractivity contribution in [3.8, 4) is 5.75 Å². The third-order valence-corrected chi connectivity index (χ3v) is 4.69. The number of carbonyl (C=O) groups excluding carboxylic acids is 2. The molecule has 0 spiro atoms. The third kappa shape index (κ3) is 5.45. The summed E-state index contributed by atoms with van der Waals surface area (Å²) in [4.78, 5) is 24.9. The Morgan fingerprint density at radius 2 is 1.59 bits per heavy atom. The predicted molar refractivity (Wildman–Crippen MR) is 114 cm³/mol. The normalized spacial score (nSPS) is 10.3. The van der Waals surface area contributed by atoms with Crippen LogP contribution < -0.4 is 15.4 Å². The maximum Gasteiger partial charge on any atom is 0.252 e. The number of rotatable bonds is 7. The summed E-state index contributed by atoms with van der Waals surface area (Å²) in [5.74, 6) is 0.147. The van der Waals surface area contributed by atoms with E-state index >= 15 is 0 Å². The van der Waals surface area contributed by atoms with Gasteiger partial charge in [-0.1, -0.05) is 48.5 Å². The number of aryl methyl sites for hydroxylation is 1. The van der Waals surface area contributed by atoms with Crippen molar-refractivity contribution in [2.45, 2.75) is 20.5 Å². The first kappa shape index (κ1) is 20.1. The average molecular weight is 388 g/mol. The molecule has 3 rings (SSSR count). The van der Waals surface area contributed by atoms with Crippen molar-refractivity contribution >= 4 is 17.5 Å². The van der Waals surface area contributed by atoms with E-state index in [-0.39, 0.29) is 25.0 Å². The molecule has 2 amide bonds. The van der Waals surface area contributed by atoms with Crippen LogP contribution in [0.15, 0.2) is 72.8 Å². The molecule has 2 N–H and O–H groups in total. The van der Waals surface area contributed by atoms with Crippen LogP contribution in [0.25, 0.3) is 0 Å². The number of carbonyl (C=O) groups is 2. The fourth-order valence-electron chi connectivity index (χ4n) is 2.88. The Hall–Kier alpha value is -3.60. The molecule has 0 aromatic heterocycles. The van der Waals surface area contributed by atoms with Gasteiger partial charge in [0.2, 0.25) is 5.91 Å². The summed E-state index contributed by atoms with van der Waals surface area (Å²) < 4.78 is 5.75. The number of hydrogen-bond acceptors (Lipinski definition) is 3. The third-order valence-electron chi connectivity index (χ3n) is 4.69. The summed E-state index contributed by atoms with van der Waals surface area (Å²) in [6, 6.07) is 22.3. The first-order valence-corrected chi connectivity index (χ1v) is 9.44. The molecule has 0 heterocycles. The standard InChI is InChI=1S/C24H24N2O3/c1-17-9-8-14-22(18(17)2)26-23(27)15-25-24(28)21-13-7-6-10-19(21)16-29-20-11-4-3-5-12-20/h3-14H,15-16H2,1-2H3,(H,25,28)(H,26,27). The molecule has 0 atom stereocenters. The van der Waals surface area contributed by atoms with Gasteiger partial charge in [-0.3, -0.25) is 9.59 Å². The molecule has 0 bridgehead atoms. The number of benzene rings is 3.